The van der Waals surface area contributed by atoms with Crippen molar-refractivity contribution in [3.63, 3.8) is 0 Å². The fourth-order valence-corrected chi connectivity index (χ4v) is 3.70. The zero-order valence-corrected chi connectivity index (χ0v) is 17.8. The minimum Gasteiger partial charge on any atom is -0.490 e. The van der Waals surface area contributed by atoms with E-state index in [1.54, 1.807) is 12.1 Å². The van der Waals surface area contributed by atoms with Crippen LogP contribution in [0.5, 0.6) is 11.5 Å². The summed E-state index contributed by atoms with van der Waals surface area (Å²) in [7, 11) is 1.20. The van der Waals surface area contributed by atoms with Crippen molar-refractivity contribution in [1.29, 1.82) is 0 Å². The minimum atomic E-state index is -1.01. The predicted octanol–water partition coefficient (Wildman–Crippen LogP) is 4.12. The first-order valence-electron chi connectivity index (χ1n) is 8.67. The quantitative estimate of drug-likeness (QED) is 0.478. The van der Waals surface area contributed by atoms with Crippen molar-refractivity contribution in [3.05, 3.63) is 27.6 Å². The Morgan fingerprint density at radius 2 is 1.96 bits per heavy atom. The number of hydrogen-bond acceptors (Lipinski definition) is 7. The lowest BCUT2D eigenvalue weighted by Gasteiger charge is -2.18. The van der Waals surface area contributed by atoms with E-state index in [1.165, 1.54) is 20.1 Å². The number of hydrogen-bond donors (Lipinski definition) is 0. The summed E-state index contributed by atoms with van der Waals surface area (Å²) in [5, 5.41) is -0.210. The molecule has 152 valence electrons. The molecule has 28 heavy (non-hydrogen) atoms. The Bertz CT molecular complexity index is 823. The van der Waals surface area contributed by atoms with Crippen molar-refractivity contribution < 1.29 is 28.6 Å². The lowest BCUT2D eigenvalue weighted by atomic mass is 10.1. The Hall–Kier alpha value is -2.19. The van der Waals surface area contributed by atoms with E-state index in [0.29, 0.717) is 28.7 Å². The van der Waals surface area contributed by atoms with Crippen LogP contribution in [0.3, 0.4) is 0 Å². The first-order chi connectivity index (χ1) is 13.2. The van der Waals surface area contributed by atoms with Crippen molar-refractivity contribution >= 4 is 46.6 Å². The van der Waals surface area contributed by atoms with Crippen LogP contribution in [0.25, 0.3) is 6.08 Å². The molecule has 1 saturated heterocycles. The van der Waals surface area contributed by atoms with Crippen LogP contribution in [0, 0.1) is 0 Å². The van der Waals surface area contributed by atoms with Crippen LogP contribution in [0.2, 0.25) is 5.02 Å². The second kappa shape index (κ2) is 9.34. The maximum absolute atomic E-state index is 12.6. The minimum absolute atomic E-state index is 0.0983. The second-order valence-electron chi connectivity index (χ2n) is 6.18. The van der Waals surface area contributed by atoms with E-state index < -0.39 is 23.2 Å². The van der Waals surface area contributed by atoms with E-state index in [9.17, 15) is 14.4 Å². The number of esters is 1. The molecule has 0 bridgehead atoms. The molecule has 1 aromatic carbocycles. The molecule has 2 rings (SSSR count). The average Bonchev–Trinajstić information content (AvgIpc) is 2.90. The molecule has 1 aliphatic rings. The molecule has 0 N–H and O–H groups in total. The largest absolute Gasteiger partial charge is 0.490 e. The van der Waals surface area contributed by atoms with Gasteiger partial charge in [0.1, 0.15) is 6.04 Å². The monoisotopic (exact) mass is 427 g/mol. The Morgan fingerprint density at radius 1 is 1.29 bits per heavy atom. The molecule has 0 aliphatic carbocycles. The van der Waals surface area contributed by atoms with Gasteiger partial charge in [-0.3, -0.25) is 14.5 Å². The standard InChI is InChI=1S/C19H22ClNO6S/c1-6-26-14-8-12(7-13(20)16(14)27-10(2)3)9-15-17(22)21(19(24)28-15)11(4)18(23)25-5/h7-11H,6H2,1-5H3/b15-9+/t11-/m0/s1. The number of carbonyl (C=O) groups excluding carboxylic acids is 3. The smallest absolute Gasteiger partial charge is 0.328 e. The third-order valence-corrected chi connectivity index (χ3v) is 4.90. The fourth-order valence-electron chi connectivity index (χ4n) is 2.53. The molecule has 9 heteroatoms. The van der Waals surface area contributed by atoms with Crippen LogP contribution in [0.1, 0.15) is 33.3 Å². The van der Waals surface area contributed by atoms with Crippen LogP contribution in [0.4, 0.5) is 4.79 Å². The summed E-state index contributed by atoms with van der Waals surface area (Å²) in [6.45, 7) is 7.42. The molecule has 0 radical (unpaired) electrons. The number of ether oxygens (including phenoxy) is 3. The predicted molar refractivity (Wildman–Crippen MR) is 108 cm³/mol. The normalized spacial score (nSPS) is 16.7. The van der Waals surface area contributed by atoms with Crippen LogP contribution < -0.4 is 9.47 Å². The summed E-state index contributed by atoms with van der Waals surface area (Å²) in [6.07, 6.45) is 1.43. The van der Waals surface area contributed by atoms with Crippen LogP contribution in [0.15, 0.2) is 17.0 Å². The molecule has 1 heterocycles. The summed E-state index contributed by atoms with van der Waals surface area (Å²) < 4.78 is 15.9. The van der Waals surface area contributed by atoms with E-state index in [1.807, 2.05) is 20.8 Å². The lowest BCUT2D eigenvalue weighted by molar-refractivity contribution is -0.148. The van der Waals surface area contributed by atoms with E-state index in [4.69, 9.17) is 21.1 Å². The molecular weight excluding hydrogens is 406 g/mol. The maximum atomic E-state index is 12.6. The summed E-state index contributed by atoms with van der Waals surface area (Å²) >= 11 is 7.09. The van der Waals surface area contributed by atoms with Gasteiger partial charge < -0.3 is 14.2 Å². The average molecular weight is 428 g/mol. The highest BCUT2D eigenvalue weighted by Gasteiger charge is 2.41. The number of nitrogens with zero attached hydrogens (tertiary/aromatic N) is 1. The van der Waals surface area contributed by atoms with Crippen LogP contribution in [-0.2, 0) is 14.3 Å². The molecule has 1 aromatic rings. The van der Waals surface area contributed by atoms with Crippen molar-refractivity contribution in [1.82, 2.24) is 4.90 Å². The van der Waals surface area contributed by atoms with Gasteiger partial charge in [-0.25, -0.2) is 4.79 Å². The Morgan fingerprint density at radius 3 is 2.54 bits per heavy atom. The summed E-state index contributed by atoms with van der Waals surface area (Å²) in [6, 6.07) is 2.30. The van der Waals surface area contributed by atoms with Crippen molar-refractivity contribution in [3.8, 4) is 11.5 Å². The molecule has 0 saturated carbocycles. The van der Waals surface area contributed by atoms with Crippen LogP contribution >= 0.6 is 23.4 Å². The number of rotatable bonds is 7. The number of imide groups is 1. The Balaban J connectivity index is 2.38. The highest BCUT2D eigenvalue weighted by atomic mass is 35.5. The molecule has 0 unspecified atom stereocenters. The van der Waals surface area contributed by atoms with Gasteiger partial charge in [-0.05, 0) is 63.2 Å². The Labute approximate surface area is 172 Å². The first kappa shape index (κ1) is 22.1. The maximum Gasteiger partial charge on any atom is 0.328 e. The van der Waals surface area contributed by atoms with Gasteiger partial charge in [0.2, 0.25) is 0 Å². The second-order valence-corrected chi connectivity index (χ2v) is 7.58. The van der Waals surface area contributed by atoms with Gasteiger partial charge in [0.25, 0.3) is 11.1 Å². The molecular formula is C19H22ClNO6S. The first-order valence-corrected chi connectivity index (χ1v) is 9.86. The van der Waals surface area contributed by atoms with E-state index in [0.717, 1.165) is 16.7 Å². The third kappa shape index (κ3) is 4.80. The van der Waals surface area contributed by atoms with Gasteiger partial charge >= 0.3 is 5.97 Å². The number of benzene rings is 1. The van der Waals surface area contributed by atoms with Gasteiger partial charge in [-0.2, -0.15) is 0 Å². The highest BCUT2D eigenvalue weighted by molar-refractivity contribution is 8.18. The summed E-state index contributed by atoms with van der Waals surface area (Å²) in [5.74, 6) is -0.370. The van der Waals surface area contributed by atoms with E-state index in [2.05, 4.69) is 4.74 Å². The third-order valence-electron chi connectivity index (χ3n) is 3.74. The fraction of sp³-hybridized carbons (Fsp3) is 0.421. The summed E-state index contributed by atoms with van der Waals surface area (Å²) in [5.41, 5.74) is 0.570. The number of halogens is 1. The van der Waals surface area contributed by atoms with Gasteiger partial charge in [0.15, 0.2) is 11.5 Å². The van der Waals surface area contributed by atoms with Crippen LogP contribution in [-0.4, -0.2) is 47.9 Å². The SMILES string of the molecule is CCOc1cc(/C=C2/SC(=O)N([C@@H](C)C(=O)OC)C2=O)cc(Cl)c1OC(C)C. The zero-order chi connectivity index (χ0) is 21.0. The topological polar surface area (TPSA) is 82.1 Å². The van der Waals surface area contributed by atoms with Crippen molar-refractivity contribution in [2.75, 3.05) is 13.7 Å². The number of carbonyl (C=O) groups is 3. The Kier molecular flexibility index (Phi) is 7.37. The highest BCUT2D eigenvalue weighted by Crippen LogP contribution is 2.40. The number of thioether (sulfide) groups is 1. The van der Waals surface area contributed by atoms with E-state index in [-0.39, 0.29) is 11.0 Å². The molecule has 0 aromatic heterocycles. The number of methoxy groups -OCH3 is 1. The molecule has 7 nitrogen and oxygen atoms in total. The molecule has 2 amide bonds. The molecule has 1 atom stereocenters. The van der Waals surface area contributed by atoms with Gasteiger partial charge in [-0.1, -0.05) is 11.6 Å². The van der Waals surface area contributed by atoms with E-state index >= 15 is 0 Å². The van der Waals surface area contributed by atoms with Crippen molar-refractivity contribution in [2.45, 2.75) is 39.8 Å². The molecule has 0 spiro atoms. The lowest BCUT2D eigenvalue weighted by Crippen LogP contribution is -2.42. The summed E-state index contributed by atoms with van der Waals surface area (Å²) in [4.78, 5) is 37.6. The molecule has 1 fully saturated rings. The zero-order valence-electron chi connectivity index (χ0n) is 16.3. The van der Waals surface area contributed by atoms with Gasteiger partial charge in [-0.15, -0.1) is 0 Å². The van der Waals surface area contributed by atoms with Gasteiger partial charge in [0.05, 0.1) is 29.7 Å². The van der Waals surface area contributed by atoms with Gasteiger partial charge in [0, 0.05) is 0 Å². The number of amides is 2. The van der Waals surface area contributed by atoms with Crippen molar-refractivity contribution in [2.24, 2.45) is 0 Å². The molecule has 1 aliphatic heterocycles.